The van der Waals surface area contributed by atoms with Crippen LogP contribution in [0.15, 0.2) is 77.9 Å². The molecular weight excluding hydrogens is 404 g/mol. The third-order valence-corrected chi connectivity index (χ3v) is 4.15. The summed E-state index contributed by atoms with van der Waals surface area (Å²) in [6, 6.07) is 18.3. The molecule has 0 unspecified atom stereocenters. The average Bonchev–Trinajstić information content (AvgIpc) is 2.78. The highest BCUT2D eigenvalue weighted by Gasteiger charge is 2.11. The molecule has 0 aliphatic carbocycles. The van der Waals surface area contributed by atoms with Gasteiger partial charge in [0.05, 0.1) is 16.1 Å². The number of ether oxygens (including phenoxy) is 1. The van der Waals surface area contributed by atoms with Gasteiger partial charge in [0.15, 0.2) is 0 Å². The fourth-order valence-corrected chi connectivity index (χ4v) is 2.58. The molecule has 0 atom stereocenters. The van der Waals surface area contributed by atoms with Gasteiger partial charge in [-0.15, -0.1) is 0 Å². The van der Waals surface area contributed by atoms with Gasteiger partial charge in [0.2, 0.25) is 0 Å². The van der Waals surface area contributed by atoms with Crippen LogP contribution in [0.4, 0.5) is 11.4 Å². The van der Waals surface area contributed by atoms with E-state index in [9.17, 15) is 25.0 Å². The van der Waals surface area contributed by atoms with Crippen LogP contribution in [0.5, 0.6) is 5.75 Å². The standard InChI is InChI=1S/C21H16N4O6/c26-21(16-5-3-6-19(12-16)25(29)30)23-22-13-17-4-1-2-7-20(17)31-14-15-8-10-18(11-9-15)24(27)28/h1-13H,14H2,(H,23,26)/b22-13+. The zero-order valence-electron chi connectivity index (χ0n) is 16.0. The van der Waals surface area contributed by atoms with Gasteiger partial charge in [-0.2, -0.15) is 5.10 Å². The number of carbonyl (C=O) groups excluding carboxylic acids is 1. The molecule has 0 heterocycles. The Morgan fingerprint density at radius 1 is 0.935 bits per heavy atom. The Labute approximate surface area is 176 Å². The van der Waals surface area contributed by atoms with E-state index in [0.29, 0.717) is 11.3 Å². The van der Waals surface area contributed by atoms with Crippen molar-refractivity contribution in [2.45, 2.75) is 6.61 Å². The minimum atomic E-state index is -0.593. The fraction of sp³-hybridized carbons (Fsp3) is 0.0476. The van der Waals surface area contributed by atoms with Crippen molar-refractivity contribution in [2.24, 2.45) is 5.10 Å². The van der Waals surface area contributed by atoms with E-state index in [1.165, 1.54) is 36.5 Å². The predicted molar refractivity (Wildman–Crippen MR) is 112 cm³/mol. The molecule has 0 saturated carbocycles. The summed E-state index contributed by atoms with van der Waals surface area (Å²) in [5.41, 5.74) is 3.56. The van der Waals surface area contributed by atoms with E-state index >= 15 is 0 Å². The van der Waals surface area contributed by atoms with E-state index in [1.807, 2.05) is 0 Å². The van der Waals surface area contributed by atoms with Gasteiger partial charge in [0.25, 0.3) is 17.3 Å². The average molecular weight is 420 g/mol. The number of non-ortho nitro benzene ring substituents is 2. The number of benzene rings is 3. The van der Waals surface area contributed by atoms with Crippen molar-refractivity contribution >= 4 is 23.5 Å². The number of nitrogens with one attached hydrogen (secondary N) is 1. The van der Waals surface area contributed by atoms with Crippen LogP contribution in [0.25, 0.3) is 0 Å². The Hall–Kier alpha value is -4.60. The lowest BCUT2D eigenvalue weighted by atomic mass is 10.2. The van der Waals surface area contributed by atoms with Crippen LogP contribution in [0.3, 0.4) is 0 Å². The van der Waals surface area contributed by atoms with Crippen molar-refractivity contribution in [3.63, 3.8) is 0 Å². The van der Waals surface area contributed by atoms with Gasteiger partial charge in [0, 0.05) is 35.4 Å². The maximum absolute atomic E-state index is 12.2. The lowest BCUT2D eigenvalue weighted by Crippen LogP contribution is -2.17. The van der Waals surface area contributed by atoms with Gasteiger partial charge in [-0.3, -0.25) is 25.0 Å². The number of nitrogens with zero attached hydrogens (tertiary/aromatic N) is 3. The maximum Gasteiger partial charge on any atom is 0.271 e. The number of hydrogen-bond donors (Lipinski definition) is 1. The first-order valence-corrected chi connectivity index (χ1v) is 8.97. The quantitative estimate of drug-likeness (QED) is 0.334. The molecule has 0 aliphatic heterocycles. The number of hydrogen-bond acceptors (Lipinski definition) is 7. The van der Waals surface area contributed by atoms with Gasteiger partial charge < -0.3 is 4.74 Å². The predicted octanol–water partition coefficient (Wildman–Crippen LogP) is 3.85. The minimum absolute atomic E-state index is 0.00391. The SMILES string of the molecule is O=C(N/N=C/c1ccccc1OCc1ccc([N+](=O)[O-])cc1)c1cccc([N+](=O)[O-])c1. The summed E-state index contributed by atoms with van der Waals surface area (Å²) in [5, 5.41) is 25.4. The third-order valence-electron chi connectivity index (χ3n) is 4.15. The summed E-state index contributed by atoms with van der Waals surface area (Å²) in [6.45, 7) is 0.183. The zero-order chi connectivity index (χ0) is 22.2. The third kappa shape index (κ3) is 5.70. The van der Waals surface area contributed by atoms with Gasteiger partial charge in [-0.1, -0.05) is 18.2 Å². The fourth-order valence-electron chi connectivity index (χ4n) is 2.58. The topological polar surface area (TPSA) is 137 Å². The number of nitro groups is 2. The highest BCUT2D eigenvalue weighted by molar-refractivity contribution is 5.95. The van der Waals surface area contributed by atoms with E-state index in [-0.39, 0.29) is 23.5 Å². The van der Waals surface area contributed by atoms with Crippen molar-refractivity contribution in [1.29, 1.82) is 0 Å². The Morgan fingerprint density at radius 3 is 2.35 bits per heavy atom. The second kappa shape index (κ2) is 9.74. The Balaban J connectivity index is 1.64. The molecule has 156 valence electrons. The first kappa shape index (κ1) is 21.1. The molecule has 3 rings (SSSR count). The van der Waals surface area contributed by atoms with Crippen molar-refractivity contribution in [2.75, 3.05) is 0 Å². The van der Waals surface area contributed by atoms with Gasteiger partial charge in [-0.05, 0) is 35.9 Å². The van der Waals surface area contributed by atoms with E-state index in [0.717, 1.165) is 11.6 Å². The van der Waals surface area contributed by atoms with Gasteiger partial charge >= 0.3 is 0 Å². The Bertz CT molecular complexity index is 1140. The minimum Gasteiger partial charge on any atom is -0.488 e. The second-order valence-corrected chi connectivity index (χ2v) is 6.26. The molecule has 1 amide bonds. The highest BCUT2D eigenvalue weighted by atomic mass is 16.6. The lowest BCUT2D eigenvalue weighted by molar-refractivity contribution is -0.385. The van der Waals surface area contributed by atoms with Crippen LogP contribution in [0, 0.1) is 20.2 Å². The van der Waals surface area contributed by atoms with Crippen LogP contribution in [0.1, 0.15) is 21.5 Å². The summed E-state index contributed by atoms with van der Waals surface area (Å²) in [4.78, 5) is 32.6. The largest absolute Gasteiger partial charge is 0.488 e. The first-order valence-electron chi connectivity index (χ1n) is 8.97. The molecule has 10 nitrogen and oxygen atoms in total. The van der Waals surface area contributed by atoms with E-state index < -0.39 is 15.8 Å². The molecule has 0 fully saturated rings. The number of carbonyl (C=O) groups is 1. The van der Waals surface area contributed by atoms with E-state index in [4.69, 9.17) is 4.74 Å². The molecule has 0 radical (unpaired) electrons. The number of hydrazone groups is 1. The summed E-state index contributed by atoms with van der Waals surface area (Å²) < 4.78 is 5.76. The molecule has 1 N–H and O–H groups in total. The van der Waals surface area contributed by atoms with Crippen molar-refractivity contribution in [1.82, 2.24) is 5.43 Å². The molecule has 0 bridgehead atoms. The van der Waals surface area contributed by atoms with Crippen LogP contribution in [-0.4, -0.2) is 22.0 Å². The van der Waals surface area contributed by atoms with Gasteiger partial charge in [-0.25, -0.2) is 5.43 Å². The molecule has 0 spiro atoms. The summed E-state index contributed by atoms with van der Waals surface area (Å²) in [6.07, 6.45) is 1.39. The molecule has 3 aromatic rings. The van der Waals surface area contributed by atoms with Gasteiger partial charge in [0.1, 0.15) is 12.4 Å². The van der Waals surface area contributed by atoms with Crippen molar-refractivity contribution in [3.05, 3.63) is 110 Å². The van der Waals surface area contributed by atoms with E-state index in [1.54, 1.807) is 36.4 Å². The van der Waals surface area contributed by atoms with Crippen LogP contribution < -0.4 is 10.2 Å². The highest BCUT2D eigenvalue weighted by Crippen LogP contribution is 2.19. The molecule has 0 saturated heterocycles. The van der Waals surface area contributed by atoms with E-state index in [2.05, 4.69) is 10.5 Å². The second-order valence-electron chi connectivity index (χ2n) is 6.26. The molecule has 0 aliphatic rings. The van der Waals surface area contributed by atoms with Crippen molar-refractivity contribution in [3.8, 4) is 5.75 Å². The van der Waals surface area contributed by atoms with Crippen LogP contribution >= 0.6 is 0 Å². The normalized spacial score (nSPS) is 10.6. The zero-order valence-corrected chi connectivity index (χ0v) is 16.0. The molecule has 0 aromatic heterocycles. The Kier molecular flexibility index (Phi) is 6.64. The summed E-state index contributed by atoms with van der Waals surface area (Å²) in [5.74, 6) is -0.0987. The van der Waals surface area contributed by atoms with Crippen LogP contribution in [0.2, 0.25) is 0 Å². The molecular formula is C21H16N4O6. The molecule has 10 heteroatoms. The lowest BCUT2D eigenvalue weighted by Gasteiger charge is -2.09. The van der Waals surface area contributed by atoms with Crippen LogP contribution in [-0.2, 0) is 6.61 Å². The number of rotatable bonds is 8. The summed E-state index contributed by atoms with van der Waals surface area (Å²) in [7, 11) is 0. The molecule has 3 aromatic carbocycles. The smallest absolute Gasteiger partial charge is 0.271 e. The Morgan fingerprint density at radius 2 is 1.65 bits per heavy atom. The summed E-state index contributed by atoms with van der Waals surface area (Å²) >= 11 is 0. The first-order chi connectivity index (χ1) is 14.9. The number of amides is 1. The number of nitro benzene ring substituents is 2. The maximum atomic E-state index is 12.2. The molecule has 31 heavy (non-hydrogen) atoms. The number of para-hydroxylation sites is 1. The monoisotopic (exact) mass is 420 g/mol. The van der Waals surface area contributed by atoms with Crippen molar-refractivity contribution < 1.29 is 19.4 Å².